The molecule has 58 valence electrons. The maximum absolute atomic E-state index is 7.01. The molecular weight excluding hydrogens is 140 g/mol. The van der Waals surface area contributed by atoms with Crippen molar-refractivity contribution in [3.05, 3.63) is 24.5 Å². The van der Waals surface area contributed by atoms with Gasteiger partial charge in [-0.1, -0.05) is 6.58 Å². The summed E-state index contributed by atoms with van der Waals surface area (Å²) in [6.07, 6.45) is 5.49. The molecular formula is C7H10N4. The molecule has 0 atom stereocenters. The second-order valence-corrected chi connectivity index (χ2v) is 2.21. The Kier molecular flexibility index (Phi) is 2.06. The lowest BCUT2D eigenvalue weighted by Crippen LogP contribution is -2.12. The average Bonchev–Trinajstić information content (AvgIpc) is 2.34. The van der Waals surface area contributed by atoms with Crippen molar-refractivity contribution in [2.24, 2.45) is 5.73 Å². The van der Waals surface area contributed by atoms with E-state index in [9.17, 15) is 0 Å². The molecule has 0 aromatic carbocycles. The van der Waals surface area contributed by atoms with Crippen LogP contribution in [0.1, 0.15) is 5.56 Å². The standard InChI is InChI=1S/C7H10N4/c1-2-11-5-6(4-10-11)3-7(8)9/h2,4-5H,1,3H2,(H3,8,9). The van der Waals surface area contributed by atoms with Gasteiger partial charge in [-0.2, -0.15) is 5.10 Å². The van der Waals surface area contributed by atoms with Crippen molar-refractivity contribution < 1.29 is 0 Å². The summed E-state index contributed by atoms with van der Waals surface area (Å²) in [4.78, 5) is 0. The molecule has 0 amide bonds. The molecule has 0 radical (unpaired) electrons. The summed E-state index contributed by atoms with van der Waals surface area (Å²) in [5, 5.41) is 10.9. The number of nitrogens with two attached hydrogens (primary N) is 1. The maximum atomic E-state index is 7.01. The van der Waals surface area contributed by atoms with E-state index >= 15 is 0 Å². The van der Waals surface area contributed by atoms with Crippen molar-refractivity contribution >= 4 is 12.0 Å². The third-order valence-electron chi connectivity index (χ3n) is 1.24. The van der Waals surface area contributed by atoms with Gasteiger partial charge < -0.3 is 5.73 Å². The van der Waals surface area contributed by atoms with E-state index in [1.165, 1.54) is 0 Å². The Balaban J connectivity index is 2.72. The SMILES string of the molecule is C=Cn1cc(CC(=N)N)cn1. The Morgan fingerprint density at radius 1 is 1.91 bits per heavy atom. The van der Waals surface area contributed by atoms with Crippen LogP contribution < -0.4 is 5.73 Å². The van der Waals surface area contributed by atoms with Crippen LogP contribution in [0.4, 0.5) is 0 Å². The van der Waals surface area contributed by atoms with Crippen LogP contribution in [0.25, 0.3) is 6.20 Å². The summed E-state index contributed by atoms with van der Waals surface area (Å²) in [5.74, 6) is 0.147. The fourth-order valence-corrected chi connectivity index (χ4v) is 0.788. The quantitative estimate of drug-likeness (QED) is 0.485. The molecule has 1 aromatic heterocycles. The Labute approximate surface area is 64.8 Å². The predicted octanol–water partition coefficient (Wildman–Crippen LogP) is 0.462. The lowest BCUT2D eigenvalue weighted by molar-refractivity contribution is 0.936. The average molecular weight is 150 g/mol. The van der Waals surface area contributed by atoms with Crippen LogP contribution in [0, 0.1) is 5.41 Å². The zero-order valence-corrected chi connectivity index (χ0v) is 6.12. The maximum Gasteiger partial charge on any atom is 0.0951 e. The zero-order valence-electron chi connectivity index (χ0n) is 6.12. The highest BCUT2D eigenvalue weighted by atomic mass is 15.2. The van der Waals surface area contributed by atoms with Gasteiger partial charge in [0.15, 0.2) is 0 Å². The van der Waals surface area contributed by atoms with E-state index < -0.39 is 0 Å². The molecule has 3 N–H and O–H groups in total. The summed E-state index contributed by atoms with van der Waals surface area (Å²) >= 11 is 0. The van der Waals surface area contributed by atoms with Gasteiger partial charge in [0.2, 0.25) is 0 Å². The monoisotopic (exact) mass is 150 g/mol. The molecule has 0 fully saturated rings. The largest absolute Gasteiger partial charge is 0.387 e. The van der Waals surface area contributed by atoms with Crippen LogP contribution in [0.3, 0.4) is 0 Å². The number of nitrogens with one attached hydrogen (secondary N) is 1. The van der Waals surface area contributed by atoms with Crippen molar-refractivity contribution in [2.75, 3.05) is 0 Å². The molecule has 4 heteroatoms. The molecule has 0 saturated carbocycles. The first-order chi connectivity index (χ1) is 5.22. The highest BCUT2D eigenvalue weighted by Crippen LogP contribution is 1.97. The molecule has 4 nitrogen and oxygen atoms in total. The van der Waals surface area contributed by atoms with Gasteiger partial charge in [-0.05, 0) is 5.56 Å². The third kappa shape index (κ3) is 1.93. The van der Waals surface area contributed by atoms with Crippen molar-refractivity contribution in [2.45, 2.75) is 6.42 Å². The summed E-state index contributed by atoms with van der Waals surface area (Å²) < 4.78 is 1.58. The van der Waals surface area contributed by atoms with Gasteiger partial charge in [0.25, 0.3) is 0 Å². The van der Waals surface area contributed by atoms with Crippen molar-refractivity contribution in [3.8, 4) is 0 Å². The fourth-order valence-electron chi connectivity index (χ4n) is 0.788. The first-order valence-corrected chi connectivity index (χ1v) is 3.21. The normalized spacial score (nSPS) is 9.45. The van der Waals surface area contributed by atoms with E-state index in [1.54, 1.807) is 23.3 Å². The van der Waals surface area contributed by atoms with Crippen LogP contribution >= 0.6 is 0 Å². The Morgan fingerprint density at radius 3 is 3.09 bits per heavy atom. The summed E-state index contributed by atoms with van der Waals surface area (Å²) in [7, 11) is 0. The molecule has 0 aliphatic rings. The van der Waals surface area contributed by atoms with E-state index in [0.717, 1.165) is 5.56 Å². The zero-order chi connectivity index (χ0) is 8.27. The van der Waals surface area contributed by atoms with Crippen LogP contribution in [0.2, 0.25) is 0 Å². The Bertz CT molecular complexity index is 274. The molecule has 0 bridgehead atoms. The second kappa shape index (κ2) is 3.01. The number of amidine groups is 1. The van der Waals surface area contributed by atoms with Gasteiger partial charge in [-0.15, -0.1) is 0 Å². The molecule has 0 aliphatic heterocycles. The smallest absolute Gasteiger partial charge is 0.0951 e. The first kappa shape index (κ1) is 7.53. The molecule has 1 aromatic rings. The summed E-state index contributed by atoms with van der Waals surface area (Å²) in [5.41, 5.74) is 6.12. The van der Waals surface area contributed by atoms with Gasteiger partial charge in [-0.3, -0.25) is 5.41 Å². The lowest BCUT2D eigenvalue weighted by atomic mass is 10.2. The van der Waals surface area contributed by atoms with E-state index in [4.69, 9.17) is 11.1 Å². The predicted molar refractivity (Wildman–Crippen MR) is 44.2 cm³/mol. The van der Waals surface area contributed by atoms with Crippen LogP contribution in [0.5, 0.6) is 0 Å². The molecule has 1 rings (SSSR count). The number of hydrogen-bond donors (Lipinski definition) is 2. The molecule has 0 aliphatic carbocycles. The van der Waals surface area contributed by atoms with Gasteiger partial charge in [-0.25, -0.2) is 4.68 Å². The van der Waals surface area contributed by atoms with E-state index in [1.807, 2.05) is 0 Å². The van der Waals surface area contributed by atoms with Crippen LogP contribution in [0.15, 0.2) is 19.0 Å². The van der Waals surface area contributed by atoms with Crippen LogP contribution in [-0.2, 0) is 6.42 Å². The number of hydrogen-bond acceptors (Lipinski definition) is 2. The fraction of sp³-hybridized carbons (Fsp3) is 0.143. The molecule has 11 heavy (non-hydrogen) atoms. The Hall–Kier alpha value is -1.58. The van der Waals surface area contributed by atoms with E-state index in [0.29, 0.717) is 6.42 Å². The minimum atomic E-state index is 0.147. The molecule has 1 heterocycles. The van der Waals surface area contributed by atoms with Gasteiger partial charge in [0, 0.05) is 18.8 Å². The lowest BCUT2D eigenvalue weighted by Gasteiger charge is -1.90. The van der Waals surface area contributed by atoms with Gasteiger partial charge in [0.05, 0.1) is 12.0 Å². The highest BCUT2D eigenvalue weighted by Gasteiger charge is 1.96. The number of nitrogens with zero attached hydrogens (tertiary/aromatic N) is 2. The van der Waals surface area contributed by atoms with Crippen molar-refractivity contribution in [3.63, 3.8) is 0 Å². The van der Waals surface area contributed by atoms with Gasteiger partial charge in [0.1, 0.15) is 0 Å². The minimum absolute atomic E-state index is 0.147. The summed E-state index contributed by atoms with van der Waals surface area (Å²) in [6.45, 7) is 3.54. The molecule has 0 spiro atoms. The van der Waals surface area contributed by atoms with Crippen molar-refractivity contribution in [1.82, 2.24) is 9.78 Å². The van der Waals surface area contributed by atoms with Crippen molar-refractivity contribution in [1.29, 1.82) is 5.41 Å². The van der Waals surface area contributed by atoms with E-state index in [-0.39, 0.29) is 5.84 Å². The summed E-state index contributed by atoms with van der Waals surface area (Å²) in [6, 6.07) is 0. The number of aromatic nitrogens is 2. The van der Waals surface area contributed by atoms with E-state index in [2.05, 4.69) is 11.7 Å². The first-order valence-electron chi connectivity index (χ1n) is 3.21. The highest BCUT2D eigenvalue weighted by molar-refractivity contribution is 5.79. The van der Waals surface area contributed by atoms with Crippen LogP contribution in [-0.4, -0.2) is 15.6 Å². The number of rotatable bonds is 3. The molecule has 0 unspecified atom stereocenters. The minimum Gasteiger partial charge on any atom is -0.387 e. The molecule has 0 saturated heterocycles. The topological polar surface area (TPSA) is 67.7 Å². The third-order valence-corrected chi connectivity index (χ3v) is 1.24. The van der Waals surface area contributed by atoms with Gasteiger partial charge >= 0.3 is 0 Å². The second-order valence-electron chi connectivity index (χ2n) is 2.21. The Morgan fingerprint density at radius 2 is 2.64 bits per heavy atom.